The van der Waals surface area contributed by atoms with Crippen LogP contribution in [0.2, 0.25) is 0 Å². The Labute approximate surface area is 138 Å². The van der Waals surface area contributed by atoms with Crippen LogP contribution in [0.15, 0.2) is 59.8 Å². The van der Waals surface area contributed by atoms with Crippen molar-refractivity contribution in [1.82, 2.24) is 14.2 Å². The number of ether oxygens (including phenoxy) is 1. The van der Waals surface area contributed by atoms with Gasteiger partial charge in [-0.25, -0.2) is 4.98 Å². The fraction of sp³-hybridized carbons (Fsp3) is 0.0625. The van der Waals surface area contributed by atoms with Crippen LogP contribution >= 0.6 is 0 Å². The quantitative estimate of drug-likeness (QED) is 0.721. The van der Waals surface area contributed by atoms with E-state index in [1.54, 1.807) is 31.4 Å². The van der Waals surface area contributed by atoms with Crippen molar-refractivity contribution < 1.29 is 13.2 Å². The third kappa shape index (κ3) is 2.85. The van der Waals surface area contributed by atoms with Crippen LogP contribution in [0.5, 0.6) is 5.75 Å². The van der Waals surface area contributed by atoms with Crippen molar-refractivity contribution in [3.63, 3.8) is 0 Å². The zero-order valence-electron chi connectivity index (χ0n) is 12.6. The van der Waals surface area contributed by atoms with E-state index in [9.17, 15) is 8.42 Å². The first-order valence-corrected chi connectivity index (χ1v) is 8.30. The van der Waals surface area contributed by atoms with Gasteiger partial charge in [0.1, 0.15) is 12.1 Å². The highest BCUT2D eigenvalue weighted by atomic mass is 32.2. The van der Waals surface area contributed by atoms with Gasteiger partial charge in [-0.1, -0.05) is 0 Å². The highest BCUT2D eigenvalue weighted by Gasteiger charge is 2.19. The summed E-state index contributed by atoms with van der Waals surface area (Å²) in [5.41, 5.74) is 1.05. The van der Waals surface area contributed by atoms with Crippen LogP contribution in [0.1, 0.15) is 5.56 Å². The average Bonchev–Trinajstić information content (AvgIpc) is 3.13. The van der Waals surface area contributed by atoms with Crippen LogP contribution in [0.25, 0.3) is 11.4 Å². The van der Waals surface area contributed by atoms with E-state index >= 15 is 0 Å². The van der Waals surface area contributed by atoms with Crippen LogP contribution < -0.4 is 4.74 Å². The molecule has 3 rings (SSSR count). The number of nitriles is 1. The summed E-state index contributed by atoms with van der Waals surface area (Å²) in [6, 6.07) is 14.5. The van der Waals surface area contributed by atoms with Crippen LogP contribution in [0.3, 0.4) is 0 Å². The Morgan fingerprint density at radius 1 is 1.08 bits per heavy atom. The van der Waals surface area contributed by atoms with Crippen LogP contribution in [0.4, 0.5) is 0 Å². The predicted octanol–water partition coefficient (Wildman–Crippen LogP) is 2.06. The van der Waals surface area contributed by atoms with Gasteiger partial charge in [-0.05, 0) is 48.5 Å². The standard InChI is InChI=1S/C16H12N4O3S/c1-23-14-6-4-13(5-7-14)16-18-11-20(19-16)24(21,22)15-8-2-12(10-17)3-9-15/h2-9,11H,1H3. The first-order chi connectivity index (χ1) is 11.5. The molecule has 0 aliphatic heterocycles. The van der Waals surface area contributed by atoms with Crippen molar-refractivity contribution in [3.05, 3.63) is 60.4 Å². The smallest absolute Gasteiger partial charge is 0.284 e. The van der Waals surface area contributed by atoms with E-state index in [4.69, 9.17) is 10.00 Å². The van der Waals surface area contributed by atoms with Crippen molar-refractivity contribution in [2.45, 2.75) is 4.90 Å². The van der Waals surface area contributed by atoms with E-state index in [1.165, 1.54) is 24.3 Å². The molecule has 0 radical (unpaired) electrons. The SMILES string of the molecule is COc1ccc(-c2ncn(S(=O)(=O)c3ccc(C#N)cc3)n2)cc1. The zero-order chi connectivity index (χ0) is 17.2. The average molecular weight is 340 g/mol. The molecule has 120 valence electrons. The molecule has 0 aliphatic rings. The number of rotatable bonds is 4. The highest BCUT2D eigenvalue weighted by Crippen LogP contribution is 2.20. The largest absolute Gasteiger partial charge is 0.497 e. The van der Waals surface area contributed by atoms with Gasteiger partial charge in [0.25, 0.3) is 10.0 Å². The first-order valence-electron chi connectivity index (χ1n) is 6.86. The summed E-state index contributed by atoms with van der Waals surface area (Å²) in [6.45, 7) is 0. The van der Waals surface area contributed by atoms with E-state index in [2.05, 4.69) is 10.1 Å². The third-order valence-corrected chi connectivity index (χ3v) is 4.88. The van der Waals surface area contributed by atoms with Gasteiger partial charge in [-0.2, -0.15) is 13.7 Å². The van der Waals surface area contributed by atoms with Gasteiger partial charge < -0.3 is 4.74 Å². The molecule has 7 nitrogen and oxygen atoms in total. The second-order valence-corrected chi connectivity index (χ2v) is 6.61. The topological polar surface area (TPSA) is 97.9 Å². The minimum Gasteiger partial charge on any atom is -0.497 e. The van der Waals surface area contributed by atoms with Gasteiger partial charge in [0, 0.05) is 5.56 Å². The summed E-state index contributed by atoms with van der Waals surface area (Å²) in [5.74, 6) is 0.971. The highest BCUT2D eigenvalue weighted by molar-refractivity contribution is 7.89. The lowest BCUT2D eigenvalue weighted by Crippen LogP contribution is -2.13. The van der Waals surface area contributed by atoms with Crippen molar-refractivity contribution in [2.75, 3.05) is 7.11 Å². The molecule has 0 bridgehead atoms. The molecule has 0 amide bonds. The van der Waals surface area contributed by atoms with Crippen LogP contribution in [-0.4, -0.2) is 29.7 Å². The lowest BCUT2D eigenvalue weighted by molar-refractivity contribution is 0.415. The molecule has 2 aromatic carbocycles. The fourth-order valence-corrected chi connectivity index (χ4v) is 3.10. The molecular weight excluding hydrogens is 328 g/mol. The minimum absolute atomic E-state index is 0.0349. The second-order valence-electron chi connectivity index (χ2n) is 4.81. The van der Waals surface area contributed by atoms with Gasteiger partial charge in [0.2, 0.25) is 0 Å². The second kappa shape index (κ2) is 6.14. The number of benzene rings is 2. The summed E-state index contributed by atoms with van der Waals surface area (Å²) in [7, 11) is -2.29. The van der Waals surface area contributed by atoms with Crippen molar-refractivity contribution in [2.24, 2.45) is 0 Å². The fourth-order valence-electron chi connectivity index (χ4n) is 2.05. The molecule has 0 N–H and O–H groups in total. The molecule has 0 unspecified atom stereocenters. The molecule has 0 fully saturated rings. The molecule has 1 aromatic heterocycles. The molecule has 0 atom stereocenters. The zero-order valence-corrected chi connectivity index (χ0v) is 13.4. The maximum Gasteiger partial charge on any atom is 0.284 e. The van der Waals surface area contributed by atoms with Gasteiger partial charge in [-0.15, -0.1) is 9.19 Å². The van der Waals surface area contributed by atoms with Gasteiger partial charge in [0.15, 0.2) is 5.82 Å². The lowest BCUT2D eigenvalue weighted by atomic mass is 10.2. The first kappa shape index (κ1) is 15.7. The lowest BCUT2D eigenvalue weighted by Gasteiger charge is -2.03. The predicted molar refractivity (Wildman–Crippen MR) is 85.8 cm³/mol. The van der Waals surface area contributed by atoms with Gasteiger partial charge in [-0.3, -0.25) is 0 Å². The monoisotopic (exact) mass is 340 g/mol. The molecule has 0 spiro atoms. The Hall–Kier alpha value is -3.18. The number of hydrogen-bond acceptors (Lipinski definition) is 6. The minimum atomic E-state index is -3.85. The summed E-state index contributed by atoms with van der Waals surface area (Å²) in [5, 5.41) is 12.8. The van der Waals surface area contributed by atoms with E-state index < -0.39 is 10.0 Å². The van der Waals surface area contributed by atoms with Gasteiger partial charge >= 0.3 is 0 Å². The molecule has 3 aromatic rings. The van der Waals surface area contributed by atoms with Crippen molar-refractivity contribution in [3.8, 4) is 23.2 Å². The summed E-state index contributed by atoms with van der Waals surface area (Å²) in [6.07, 6.45) is 1.15. The van der Waals surface area contributed by atoms with Crippen LogP contribution in [-0.2, 0) is 10.0 Å². The summed E-state index contributed by atoms with van der Waals surface area (Å²) in [4.78, 5) is 4.08. The molecule has 0 saturated heterocycles. The van der Waals surface area contributed by atoms with E-state index in [1.807, 2.05) is 6.07 Å². The number of methoxy groups -OCH3 is 1. The molecule has 0 saturated carbocycles. The Morgan fingerprint density at radius 3 is 2.33 bits per heavy atom. The Balaban J connectivity index is 1.94. The Bertz CT molecular complexity index is 1000. The number of aromatic nitrogens is 3. The van der Waals surface area contributed by atoms with E-state index in [-0.39, 0.29) is 10.7 Å². The van der Waals surface area contributed by atoms with Crippen molar-refractivity contribution in [1.29, 1.82) is 5.26 Å². The van der Waals surface area contributed by atoms with Gasteiger partial charge in [0.05, 0.1) is 23.6 Å². The van der Waals surface area contributed by atoms with Crippen LogP contribution in [0, 0.1) is 11.3 Å². The summed E-state index contributed by atoms with van der Waals surface area (Å²) >= 11 is 0. The van der Waals surface area contributed by atoms with Crippen molar-refractivity contribution >= 4 is 10.0 Å². The molecule has 1 heterocycles. The molecule has 0 aliphatic carbocycles. The Kier molecular flexibility index (Phi) is 4.02. The number of nitrogens with zero attached hydrogens (tertiary/aromatic N) is 4. The maximum atomic E-state index is 12.5. The molecule has 8 heteroatoms. The third-order valence-electron chi connectivity index (χ3n) is 3.35. The Morgan fingerprint density at radius 2 is 1.75 bits per heavy atom. The van der Waals surface area contributed by atoms with E-state index in [0.717, 1.165) is 10.4 Å². The normalized spacial score (nSPS) is 11.0. The number of hydrogen-bond donors (Lipinski definition) is 0. The molecule has 24 heavy (non-hydrogen) atoms. The molecular formula is C16H12N4O3S. The summed E-state index contributed by atoms with van der Waals surface area (Å²) < 4.78 is 31.0. The van der Waals surface area contributed by atoms with E-state index in [0.29, 0.717) is 16.9 Å². The maximum absolute atomic E-state index is 12.5.